The van der Waals surface area contributed by atoms with Gasteiger partial charge in [0.15, 0.2) is 0 Å². The normalized spacial score (nSPS) is 18.1. The molecule has 1 amide bonds. The second-order valence-electron chi connectivity index (χ2n) is 4.98. The lowest BCUT2D eigenvalue weighted by Gasteiger charge is -2.24. The molecule has 2 rings (SSSR count). The van der Waals surface area contributed by atoms with Crippen molar-refractivity contribution in [3.05, 3.63) is 24.0 Å². The Morgan fingerprint density at radius 2 is 2.22 bits per heavy atom. The molecule has 1 aromatic rings. The highest BCUT2D eigenvalue weighted by atomic mass is 16.4. The standard InChI is InChI=1S/C13H18N2O3/c1-3-13(2,12(17)18)14-11(16)10-5-4-8-15(10)9-6-7-9/h4-5,8-9H,3,6-7H2,1-2H3,(H,14,16)(H,17,18). The molecule has 1 unspecified atom stereocenters. The summed E-state index contributed by atoms with van der Waals surface area (Å²) in [6.07, 6.45) is 4.38. The van der Waals surface area contributed by atoms with E-state index in [-0.39, 0.29) is 5.91 Å². The van der Waals surface area contributed by atoms with Gasteiger partial charge in [-0.25, -0.2) is 4.79 Å². The molecule has 5 heteroatoms. The molecule has 98 valence electrons. The first-order chi connectivity index (χ1) is 8.48. The zero-order valence-electron chi connectivity index (χ0n) is 10.6. The summed E-state index contributed by atoms with van der Waals surface area (Å²) in [5.74, 6) is -1.33. The fraction of sp³-hybridized carbons (Fsp3) is 0.538. The zero-order chi connectivity index (χ0) is 13.3. The minimum atomic E-state index is -1.21. The van der Waals surface area contributed by atoms with Crippen molar-refractivity contribution in [2.24, 2.45) is 0 Å². The zero-order valence-corrected chi connectivity index (χ0v) is 10.6. The molecule has 1 aromatic heterocycles. The first-order valence-corrected chi connectivity index (χ1v) is 6.20. The van der Waals surface area contributed by atoms with Crippen LogP contribution in [0.3, 0.4) is 0 Å². The van der Waals surface area contributed by atoms with Gasteiger partial charge in [0, 0.05) is 12.2 Å². The molecule has 1 aliphatic rings. The molecule has 0 spiro atoms. The lowest BCUT2D eigenvalue weighted by atomic mass is 9.99. The summed E-state index contributed by atoms with van der Waals surface area (Å²) in [7, 11) is 0. The van der Waals surface area contributed by atoms with Crippen LogP contribution in [0.4, 0.5) is 0 Å². The predicted molar refractivity (Wildman–Crippen MR) is 66.5 cm³/mol. The van der Waals surface area contributed by atoms with Crippen molar-refractivity contribution < 1.29 is 14.7 Å². The van der Waals surface area contributed by atoms with E-state index in [2.05, 4.69) is 5.32 Å². The van der Waals surface area contributed by atoms with Gasteiger partial charge in [-0.3, -0.25) is 4.79 Å². The average molecular weight is 250 g/mol. The van der Waals surface area contributed by atoms with E-state index in [1.54, 1.807) is 13.0 Å². The van der Waals surface area contributed by atoms with E-state index in [1.165, 1.54) is 6.92 Å². The largest absolute Gasteiger partial charge is 0.480 e. The van der Waals surface area contributed by atoms with E-state index in [0.717, 1.165) is 12.8 Å². The first-order valence-electron chi connectivity index (χ1n) is 6.20. The molecule has 5 nitrogen and oxygen atoms in total. The number of carbonyl (C=O) groups is 2. The second-order valence-corrected chi connectivity index (χ2v) is 4.98. The summed E-state index contributed by atoms with van der Waals surface area (Å²) in [6, 6.07) is 3.95. The van der Waals surface area contributed by atoms with Gasteiger partial charge in [-0.05, 0) is 38.3 Å². The van der Waals surface area contributed by atoms with Gasteiger partial charge in [-0.1, -0.05) is 6.92 Å². The monoisotopic (exact) mass is 250 g/mol. The lowest BCUT2D eigenvalue weighted by Crippen LogP contribution is -2.52. The summed E-state index contributed by atoms with van der Waals surface area (Å²) in [6.45, 7) is 3.27. The van der Waals surface area contributed by atoms with Gasteiger partial charge in [-0.2, -0.15) is 0 Å². The van der Waals surface area contributed by atoms with Crippen LogP contribution in [0.15, 0.2) is 18.3 Å². The van der Waals surface area contributed by atoms with Crippen LogP contribution in [0, 0.1) is 0 Å². The topological polar surface area (TPSA) is 71.3 Å². The van der Waals surface area contributed by atoms with Crippen LogP contribution in [0.5, 0.6) is 0 Å². The van der Waals surface area contributed by atoms with Crippen LogP contribution in [0.1, 0.15) is 49.6 Å². The number of aromatic nitrogens is 1. The van der Waals surface area contributed by atoms with Crippen LogP contribution in [0.2, 0.25) is 0 Å². The molecule has 0 aliphatic heterocycles. The quantitative estimate of drug-likeness (QED) is 0.837. The van der Waals surface area contributed by atoms with Gasteiger partial charge >= 0.3 is 5.97 Å². The number of nitrogens with zero attached hydrogens (tertiary/aromatic N) is 1. The van der Waals surface area contributed by atoms with Crippen molar-refractivity contribution in [1.29, 1.82) is 0 Å². The number of amides is 1. The molecule has 1 atom stereocenters. The third kappa shape index (κ3) is 2.25. The molecule has 1 fully saturated rings. The molecule has 0 aromatic carbocycles. The van der Waals surface area contributed by atoms with Gasteiger partial charge in [0.1, 0.15) is 11.2 Å². The summed E-state index contributed by atoms with van der Waals surface area (Å²) < 4.78 is 1.92. The van der Waals surface area contributed by atoms with E-state index in [4.69, 9.17) is 5.11 Å². The Hall–Kier alpha value is -1.78. The summed E-state index contributed by atoms with van der Waals surface area (Å²) in [5.41, 5.74) is -0.672. The van der Waals surface area contributed by atoms with Gasteiger partial charge in [0.2, 0.25) is 0 Å². The fourth-order valence-corrected chi connectivity index (χ4v) is 1.87. The van der Waals surface area contributed by atoms with Crippen molar-refractivity contribution in [1.82, 2.24) is 9.88 Å². The number of nitrogens with one attached hydrogen (secondary N) is 1. The van der Waals surface area contributed by atoms with Crippen LogP contribution >= 0.6 is 0 Å². The number of hydrogen-bond donors (Lipinski definition) is 2. The van der Waals surface area contributed by atoms with Gasteiger partial charge < -0.3 is 15.0 Å². The van der Waals surface area contributed by atoms with Crippen molar-refractivity contribution in [2.75, 3.05) is 0 Å². The number of carbonyl (C=O) groups excluding carboxylic acids is 1. The Labute approximate surface area is 106 Å². The van der Waals surface area contributed by atoms with E-state index in [9.17, 15) is 9.59 Å². The van der Waals surface area contributed by atoms with Crippen molar-refractivity contribution in [3.63, 3.8) is 0 Å². The molecule has 0 saturated heterocycles. The second kappa shape index (κ2) is 4.48. The summed E-state index contributed by atoms with van der Waals surface area (Å²) in [4.78, 5) is 23.3. The number of carboxylic acid groups (broad SMARTS) is 1. The minimum absolute atomic E-state index is 0.321. The third-order valence-electron chi connectivity index (χ3n) is 3.52. The molecule has 2 N–H and O–H groups in total. The van der Waals surface area contributed by atoms with E-state index in [0.29, 0.717) is 18.2 Å². The Morgan fingerprint density at radius 3 is 2.72 bits per heavy atom. The highest BCUT2D eigenvalue weighted by Crippen LogP contribution is 2.36. The maximum atomic E-state index is 12.1. The van der Waals surface area contributed by atoms with Gasteiger partial charge in [0.05, 0.1) is 0 Å². The number of aliphatic carboxylic acids is 1. The van der Waals surface area contributed by atoms with E-state index < -0.39 is 11.5 Å². The fourth-order valence-electron chi connectivity index (χ4n) is 1.87. The maximum Gasteiger partial charge on any atom is 0.329 e. The number of rotatable bonds is 5. The molecular formula is C13H18N2O3. The average Bonchev–Trinajstić information content (AvgIpc) is 3.06. The predicted octanol–water partition coefficient (Wildman–Crippen LogP) is 1.81. The molecule has 18 heavy (non-hydrogen) atoms. The summed E-state index contributed by atoms with van der Waals surface area (Å²) >= 11 is 0. The van der Waals surface area contributed by atoms with Crippen molar-refractivity contribution in [3.8, 4) is 0 Å². The van der Waals surface area contributed by atoms with Crippen LogP contribution < -0.4 is 5.32 Å². The highest BCUT2D eigenvalue weighted by molar-refractivity contribution is 5.96. The molecule has 1 heterocycles. The Kier molecular flexibility index (Phi) is 3.15. The van der Waals surface area contributed by atoms with Crippen LogP contribution in [-0.2, 0) is 4.79 Å². The first kappa shape index (κ1) is 12.7. The molecule has 0 bridgehead atoms. The van der Waals surface area contributed by atoms with Crippen molar-refractivity contribution in [2.45, 2.75) is 44.7 Å². The lowest BCUT2D eigenvalue weighted by molar-refractivity contribution is -0.143. The molecule has 0 radical (unpaired) electrons. The highest BCUT2D eigenvalue weighted by Gasteiger charge is 2.34. The number of carboxylic acids is 1. The van der Waals surface area contributed by atoms with Gasteiger partial charge in [-0.15, -0.1) is 0 Å². The number of hydrogen-bond acceptors (Lipinski definition) is 2. The van der Waals surface area contributed by atoms with Gasteiger partial charge in [0.25, 0.3) is 5.91 Å². The Bertz CT molecular complexity index is 476. The van der Waals surface area contributed by atoms with Crippen LogP contribution in [-0.4, -0.2) is 27.1 Å². The smallest absolute Gasteiger partial charge is 0.329 e. The SMILES string of the molecule is CCC(C)(NC(=O)c1cccn1C1CC1)C(=O)O. The van der Waals surface area contributed by atoms with E-state index >= 15 is 0 Å². The Balaban J connectivity index is 2.16. The Morgan fingerprint density at radius 1 is 1.56 bits per heavy atom. The summed E-state index contributed by atoms with van der Waals surface area (Å²) in [5, 5.41) is 11.8. The van der Waals surface area contributed by atoms with Crippen molar-refractivity contribution >= 4 is 11.9 Å². The van der Waals surface area contributed by atoms with Crippen LogP contribution in [0.25, 0.3) is 0 Å². The molecule has 1 aliphatic carbocycles. The third-order valence-corrected chi connectivity index (χ3v) is 3.52. The minimum Gasteiger partial charge on any atom is -0.480 e. The van der Waals surface area contributed by atoms with E-state index in [1.807, 2.05) is 16.8 Å². The maximum absolute atomic E-state index is 12.1. The molecular weight excluding hydrogens is 232 g/mol. The molecule has 1 saturated carbocycles.